The molecule has 1 aromatic heterocycles. The molecule has 1 heterocycles. The fourth-order valence-corrected chi connectivity index (χ4v) is 4.61. The first-order valence-corrected chi connectivity index (χ1v) is 12.1. The lowest BCUT2D eigenvalue weighted by Gasteiger charge is -2.12. The summed E-state index contributed by atoms with van der Waals surface area (Å²) in [6, 6.07) is 18.7. The number of rotatable bonds is 8. The fourth-order valence-electron chi connectivity index (χ4n) is 3.55. The molecule has 4 rings (SSSR count). The number of thioether (sulfide) groups is 1. The van der Waals surface area contributed by atoms with E-state index >= 15 is 0 Å². The number of ketones is 1. The molecular formula is C26H20ClF3N2O3S. The van der Waals surface area contributed by atoms with Crippen molar-refractivity contribution in [1.29, 1.82) is 0 Å². The number of fused-ring (bicyclic) bond motifs is 1. The minimum absolute atomic E-state index is 0.112. The molecular weight excluding hydrogens is 513 g/mol. The summed E-state index contributed by atoms with van der Waals surface area (Å²) in [6.45, 7) is -1.74. The molecule has 0 aliphatic carbocycles. The van der Waals surface area contributed by atoms with Crippen LogP contribution in [0.25, 0.3) is 10.9 Å². The Balaban J connectivity index is 1.48. The number of ether oxygens (including phenoxy) is 1. The fraction of sp³-hybridized carbons (Fsp3) is 0.192. The van der Waals surface area contributed by atoms with Gasteiger partial charge in [0, 0.05) is 29.0 Å². The molecule has 0 amide bonds. The molecule has 0 spiro atoms. The van der Waals surface area contributed by atoms with Gasteiger partial charge in [-0.3, -0.25) is 14.2 Å². The standard InChI is InChI=1S/C26H20ClF3N2O3S/c1-32-24(34)22-19(13-35-15-26(28,29)30)3-2-4-21(22)31-25(32)36-14-16-5-7-17(8-6-16)23(33)18-9-11-20(27)12-10-18/h2-12H,13-15H2,1H3. The first-order chi connectivity index (χ1) is 17.1. The molecule has 4 aromatic rings. The summed E-state index contributed by atoms with van der Waals surface area (Å²) in [6.07, 6.45) is -4.45. The van der Waals surface area contributed by atoms with Crippen LogP contribution in [-0.2, 0) is 24.1 Å². The van der Waals surface area contributed by atoms with Crippen LogP contribution in [0.5, 0.6) is 0 Å². The van der Waals surface area contributed by atoms with E-state index in [0.717, 1.165) is 5.56 Å². The average molecular weight is 533 g/mol. The van der Waals surface area contributed by atoms with Crippen LogP contribution in [-0.4, -0.2) is 28.1 Å². The molecule has 186 valence electrons. The number of halogens is 4. The summed E-state index contributed by atoms with van der Waals surface area (Å²) in [4.78, 5) is 30.2. The molecule has 5 nitrogen and oxygen atoms in total. The van der Waals surface area contributed by atoms with Crippen LogP contribution in [0.15, 0.2) is 76.7 Å². The van der Waals surface area contributed by atoms with E-state index in [1.807, 2.05) is 12.1 Å². The molecule has 0 radical (unpaired) electrons. The highest BCUT2D eigenvalue weighted by molar-refractivity contribution is 7.98. The quantitative estimate of drug-likeness (QED) is 0.154. The van der Waals surface area contributed by atoms with Crippen molar-refractivity contribution in [1.82, 2.24) is 9.55 Å². The molecule has 0 aliphatic rings. The molecule has 0 saturated heterocycles. The molecule has 0 saturated carbocycles. The molecule has 0 aliphatic heterocycles. The lowest BCUT2D eigenvalue weighted by molar-refractivity contribution is -0.176. The zero-order valence-electron chi connectivity index (χ0n) is 19.0. The van der Waals surface area contributed by atoms with Gasteiger partial charge in [0.05, 0.1) is 17.5 Å². The maximum absolute atomic E-state index is 13.0. The van der Waals surface area contributed by atoms with E-state index in [4.69, 9.17) is 16.3 Å². The van der Waals surface area contributed by atoms with E-state index < -0.39 is 12.8 Å². The van der Waals surface area contributed by atoms with E-state index in [2.05, 4.69) is 4.98 Å². The third-order valence-electron chi connectivity index (χ3n) is 5.36. The highest BCUT2D eigenvalue weighted by Gasteiger charge is 2.27. The van der Waals surface area contributed by atoms with Gasteiger partial charge in [-0.1, -0.05) is 59.8 Å². The number of hydrogen-bond acceptors (Lipinski definition) is 5. The summed E-state index contributed by atoms with van der Waals surface area (Å²) in [5.41, 5.74) is 2.39. The predicted molar refractivity (Wildman–Crippen MR) is 134 cm³/mol. The average Bonchev–Trinajstić information content (AvgIpc) is 2.85. The first-order valence-electron chi connectivity index (χ1n) is 10.8. The summed E-state index contributed by atoms with van der Waals surface area (Å²) in [7, 11) is 1.57. The minimum atomic E-state index is -4.45. The van der Waals surface area contributed by atoms with Gasteiger partial charge in [-0.2, -0.15) is 13.2 Å². The molecule has 36 heavy (non-hydrogen) atoms. The topological polar surface area (TPSA) is 61.2 Å². The van der Waals surface area contributed by atoms with Gasteiger partial charge >= 0.3 is 6.18 Å². The highest BCUT2D eigenvalue weighted by atomic mass is 35.5. The van der Waals surface area contributed by atoms with Gasteiger partial charge in [0.15, 0.2) is 10.9 Å². The number of alkyl halides is 3. The van der Waals surface area contributed by atoms with Crippen molar-refractivity contribution in [3.63, 3.8) is 0 Å². The number of carbonyl (C=O) groups excluding carboxylic acids is 1. The molecule has 0 bridgehead atoms. The van der Waals surface area contributed by atoms with Crippen molar-refractivity contribution in [3.8, 4) is 0 Å². The van der Waals surface area contributed by atoms with Gasteiger partial charge < -0.3 is 4.74 Å². The number of hydrogen-bond donors (Lipinski definition) is 0. The second-order valence-electron chi connectivity index (χ2n) is 8.00. The third kappa shape index (κ3) is 6.16. The second-order valence-corrected chi connectivity index (χ2v) is 9.38. The van der Waals surface area contributed by atoms with Crippen LogP contribution in [0.2, 0.25) is 5.02 Å². The summed E-state index contributed by atoms with van der Waals surface area (Å²) in [5.74, 6) is 0.384. The first kappa shape index (κ1) is 25.9. The molecule has 0 fully saturated rings. The van der Waals surface area contributed by atoms with Gasteiger partial charge in [0.1, 0.15) is 6.61 Å². The Morgan fingerprint density at radius 3 is 2.31 bits per heavy atom. The van der Waals surface area contributed by atoms with Crippen LogP contribution in [0.1, 0.15) is 27.0 Å². The molecule has 3 aromatic carbocycles. The van der Waals surface area contributed by atoms with E-state index in [9.17, 15) is 22.8 Å². The Bertz CT molecular complexity index is 1450. The van der Waals surface area contributed by atoms with Crippen LogP contribution in [0.4, 0.5) is 13.2 Å². The van der Waals surface area contributed by atoms with Crippen molar-refractivity contribution >= 4 is 40.0 Å². The van der Waals surface area contributed by atoms with Gasteiger partial charge in [0.25, 0.3) is 5.56 Å². The van der Waals surface area contributed by atoms with Crippen molar-refractivity contribution in [3.05, 3.63) is 104 Å². The lowest BCUT2D eigenvalue weighted by atomic mass is 10.0. The third-order valence-corrected chi connectivity index (χ3v) is 6.72. The highest BCUT2D eigenvalue weighted by Crippen LogP contribution is 2.24. The number of benzene rings is 3. The Labute approximate surface area is 213 Å². The summed E-state index contributed by atoms with van der Waals surface area (Å²) >= 11 is 7.22. The number of nitrogens with zero attached hydrogens (tertiary/aromatic N) is 2. The zero-order chi connectivity index (χ0) is 25.9. The largest absolute Gasteiger partial charge is 0.411 e. The normalized spacial score (nSPS) is 11.7. The molecule has 10 heteroatoms. The van der Waals surface area contributed by atoms with Crippen LogP contribution >= 0.6 is 23.4 Å². The van der Waals surface area contributed by atoms with Crippen molar-refractivity contribution in [2.75, 3.05) is 6.61 Å². The van der Waals surface area contributed by atoms with E-state index in [0.29, 0.717) is 38.1 Å². The monoisotopic (exact) mass is 532 g/mol. The number of carbonyl (C=O) groups is 1. The maximum atomic E-state index is 13.0. The second kappa shape index (κ2) is 10.9. The molecule has 0 atom stereocenters. The van der Waals surface area contributed by atoms with Crippen LogP contribution in [0.3, 0.4) is 0 Å². The molecule has 0 N–H and O–H groups in total. The van der Waals surface area contributed by atoms with Gasteiger partial charge in [-0.05, 0) is 41.5 Å². The zero-order valence-corrected chi connectivity index (χ0v) is 20.6. The van der Waals surface area contributed by atoms with Crippen molar-refractivity contribution in [2.24, 2.45) is 7.05 Å². The van der Waals surface area contributed by atoms with Crippen molar-refractivity contribution < 1.29 is 22.7 Å². The minimum Gasteiger partial charge on any atom is -0.367 e. The van der Waals surface area contributed by atoms with Crippen LogP contribution in [0, 0.1) is 0 Å². The van der Waals surface area contributed by atoms with Gasteiger partial charge in [-0.15, -0.1) is 0 Å². The summed E-state index contributed by atoms with van der Waals surface area (Å²) < 4.78 is 43.4. The van der Waals surface area contributed by atoms with Crippen LogP contribution < -0.4 is 5.56 Å². The van der Waals surface area contributed by atoms with Crippen molar-refractivity contribution in [2.45, 2.75) is 23.7 Å². The Morgan fingerprint density at radius 2 is 1.67 bits per heavy atom. The Morgan fingerprint density at radius 1 is 1.03 bits per heavy atom. The van der Waals surface area contributed by atoms with E-state index in [-0.39, 0.29) is 23.3 Å². The smallest absolute Gasteiger partial charge is 0.367 e. The van der Waals surface area contributed by atoms with Gasteiger partial charge in [0.2, 0.25) is 0 Å². The summed E-state index contributed by atoms with van der Waals surface area (Å²) in [5, 5.41) is 1.25. The Kier molecular flexibility index (Phi) is 7.82. The predicted octanol–water partition coefficient (Wildman–Crippen LogP) is 6.19. The Hall–Kier alpha value is -3.14. The number of aromatic nitrogens is 2. The van der Waals surface area contributed by atoms with Gasteiger partial charge in [-0.25, -0.2) is 4.98 Å². The van der Waals surface area contributed by atoms with E-state index in [1.165, 1.54) is 16.3 Å². The SMILES string of the molecule is Cn1c(SCc2ccc(C(=O)c3ccc(Cl)cc3)cc2)nc2cccc(COCC(F)(F)F)c2c1=O. The molecule has 0 unspecified atom stereocenters. The maximum Gasteiger partial charge on any atom is 0.411 e. The van der Waals surface area contributed by atoms with E-state index in [1.54, 1.807) is 61.6 Å². The lowest BCUT2D eigenvalue weighted by Crippen LogP contribution is -2.22.